The zero-order chi connectivity index (χ0) is 18.7. The predicted molar refractivity (Wildman–Crippen MR) is 96.6 cm³/mol. The van der Waals surface area contributed by atoms with E-state index < -0.39 is 27.1 Å². The van der Waals surface area contributed by atoms with Gasteiger partial charge in [0.2, 0.25) is 0 Å². The van der Waals surface area contributed by atoms with Gasteiger partial charge >= 0.3 is 0 Å². The molecule has 0 atom stereocenters. The topological polar surface area (TPSA) is 128 Å². The fourth-order valence-corrected chi connectivity index (χ4v) is 3.17. The molecule has 0 bridgehead atoms. The third-order valence-electron chi connectivity index (χ3n) is 3.47. The van der Waals surface area contributed by atoms with Crippen molar-refractivity contribution >= 4 is 44.9 Å². The second-order valence-corrected chi connectivity index (χ2v) is 6.05. The third kappa shape index (κ3) is 3.54. The number of hydrazone groups is 1. The number of carbonyl (C=O) groups is 1. The van der Waals surface area contributed by atoms with Gasteiger partial charge in [-0.15, -0.1) is 11.3 Å². The molecule has 26 heavy (non-hydrogen) atoms. The maximum Gasteiger partial charge on any atom is 0.277 e. The van der Waals surface area contributed by atoms with Crippen LogP contribution in [0, 0.1) is 20.2 Å². The molecule has 3 rings (SSSR count). The largest absolute Gasteiger partial charge is 0.277 e. The van der Waals surface area contributed by atoms with Gasteiger partial charge in [-0.2, -0.15) is 5.10 Å². The summed E-state index contributed by atoms with van der Waals surface area (Å²) >= 11 is 1.53. The number of hydrogen-bond acceptors (Lipinski definition) is 7. The summed E-state index contributed by atoms with van der Waals surface area (Å²) in [7, 11) is 0. The SMILES string of the molecule is O=C(NN=Cc1csc2ccccc12)c1cc([N+](=O)[O-])cc([N+](=O)[O-])c1. The summed E-state index contributed by atoms with van der Waals surface area (Å²) in [4.78, 5) is 32.3. The summed E-state index contributed by atoms with van der Waals surface area (Å²) in [5.74, 6) is -0.785. The number of non-ortho nitro benzene ring substituents is 2. The molecular weight excluding hydrogens is 360 g/mol. The van der Waals surface area contributed by atoms with Gasteiger partial charge in [-0.25, -0.2) is 5.43 Å². The molecule has 9 nitrogen and oxygen atoms in total. The maximum atomic E-state index is 12.1. The number of carbonyl (C=O) groups excluding carboxylic acids is 1. The number of nitro benzene ring substituents is 2. The van der Waals surface area contributed by atoms with Crippen LogP contribution in [0.4, 0.5) is 11.4 Å². The van der Waals surface area contributed by atoms with E-state index in [0.717, 1.165) is 33.8 Å². The van der Waals surface area contributed by atoms with E-state index in [1.54, 1.807) is 0 Å². The lowest BCUT2D eigenvalue weighted by Crippen LogP contribution is -2.18. The lowest BCUT2D eigenvalue weighted by Gasteiger charge is -2.00. The van der Waals surface area contributed by atoms with Gasteiger partial charge in [0, 0.05) is 33.2 Å². The molecule has 0 spiro atoms. The summed E-state index contributed by atoms with van der Waals surface area (Å²) in [5.41, 5.74) is 1.71. The highest BCUT2D eigenvalue weighted by Crippen LogP contribution is 2.24. The van der Waals surface area contributed by atoms with Crippen LogP contribution in [0.25, 0.3) is 10.1 Å². The van der Waals surface area contributed by atoms with Crippen molar-refractivity contribution in [3.05, 3.63) is 79.2 Å². The third-order valence-corrected chi connectivity index (χ3v) is 4.45. The molecule has 130 valence electrons. The van der Waals surface area contributed by atoms with E-state index in [2.05, 4.69) is 10.5 Å². The number of thiophene rings is 1. The van der Waals surface area contributed by atoms with Gasteiger partial charge < -0.3 is 0 Å². The van der Waals surface area contributed by atoms with Crippen LogP contribution in [0.2, 0.25) is 0 Å². The number of amides is 1. The number of fused-ring (bicyclic) bond motifs is 1. The molecule has 10 heteroatoms. The molecule has 1 heterocycles. The Labute approximate surface area is 149 Å². The molecule has 0 saturated carbocycles. The van der Waals surface area contributed by atoms with Gasteiger partial charge in [0.05, 0.1) is 27.7 Å². The second kappa shape index (κ2) is 7.07. The Kier molecular flexibility index (Phi) is 4.67. The fraction of sp³-hybridized carbons (Fsp3) is 0. The lowest BCUT2D eigenvalue weighted by molar-refractivity contribution is -0.394. The molecule has 0 unspecified atom stereocenters. The predicted octanol–water partition coefficient (Wildman–Crippen LogP) is 3.48. The highest BCUT2D eigenvalue weighted by Gasteiger charge is 2.19. The van der Waals surface area contributed by atoms with Crippen LogP contribution < -0.4 is 5.43 Å². The van der Waals surface area contributed by atoms with Crippen molar-refractivity contribution < 1.29 is 14.6 Å². The molecule has 0 aliphatic carbocycles. The first-order valence-electron chi connectivity index (χ1n) is 7.19. The van der Waals surface area contributed by atoms with Crippen molar-refractivity contribution in [1.29, 1.82) is 0 Å². The van der Waals surface area contributed by atoms with Crippen LogP contribution in [0.1, 0.15) is 15.9 Å². The molecule has 0 radical (unpaired) electrons. The molecular formula is C16H10N4O5S. The van der Waals surface area contributed by atoms with Crippen molar-refractivity contribution in [1.82, 2.24) is 5.43 Å². The van der Waals surface area contributed by atoms with Crippen molar-refractivity contribution in [2.75, 3.05) is 0 Å². The van der Waals surface area contributed by atoms with E-state index in [-0.39, 0.29) is 5.56 Å². The van der Waals surface area contributed by atoms with E-state index >= 15 is 0 Å². The van der Waals surface area contributed by atoms with Crippen LogP contribution >= 0.6 is 11.3 Å². The monoisotopic (exact) mass is 370 g/mol. The van der Waals surface area contributed by atoms with Crippen molar-refractivity contribution in [2.24, 2.45) is 5.10 Å². The molecule has 3 aromatic rings. The van der Waals surface area contributed by atoms with E-state index in [9.17, 15) is 25.0 Å². The molecule has 0 saturated heterocycles. The first-order valence-corrected chi connectivity index (χ1v) is 8.07. The maximum absolute atomic E-state index is 12.1. The van der Waals surface area contributed by atoms with Gasteiger partial charge in [0.25, 0.3) is 17.3 Å². The van der Waals surface area contributed by atoms with Gasteiger partial charge in [0.1, 0.15) is 0 Å². The van der Waals surface area contributed by atoms with E-state index in [4.69, 9.17) is 0 Å². The van der Waals surface area contributed by atoms with Gasteiger partial charge in [0.15, 0.2) is 0 Å². The van der Waals surface area contributed by atoms with Gasteiger partial charge in [-0.05, 0) is 6.07 Å². The highest BCUT2D eigenvalue weighted by atomic mass is 32.1. The number of nitrogens with one attached hydrogen (secondary N) is 1. The zero-order valence-electron chi connectivity index (χ0n) is 13.0. The highest BCUT2D eigenvalue weighted by molar-refractivity contribution is 7.17. The van der Waals surface area contributed by atoms with Crippen LogP contribution in [-0.4, -0.2) is 22.0 Å². The average Bonchev–Trinajstić information content (AvgIpc) is 3.04. The number of benzene rings is 2. The number of nitro groups is 2. The number of nitrogens with zero attached hydrogens (tertiary/aromatic N) is 3. The van der Waals surface area contributed by atoms with Crippen LogP contribution in [0.15, 0.2) is 52.9 Å². The molecule has 1 N–H and O–H groups in total. The Hall–Kier alpha value is -3.66. The summed E-state index contributed by atoms with van der Waals surface area (Å²) in [6, 6.07) is 10.4. The lowest BCUT2D eigenvalue weighted by atomic mass is 10.1. The summed E-state index contributed by atoms with van der Waals surface area (Å²) in [5, 5.41) is 28.4. The number of rotatable bonds is 5. The van der Waals surface area contributed by atoms with E-state index in [0.29, 0.717) is 0 Å². The van der Waals surface area contributed by atoms with Crippen LogP contribution in [-0.2, 0) is 0 Å². The smallest absolute Gasteiger partial charge is 0.267 e. The standard InChI is InChI=1S/C16H10N4O5S/c21-16(10-5-12(19(22)23)7-13(6-10)20(24)25)18-17-8-11-9-26-15-4-2-1-3-14(11)15/h1-9H,(H,18,21). The van der Waals surface area contributed by atoms with Crippen molar-refractivity contribution in [2.45, 2.75) is 0 Å². The second-order valence-electron chi connectivity index (χ2n) is 5.14. The van der Waals surface area contributed by atoms with Crippen LogP contribution in [0.3, 0.4) is 0 Å². The Morgan fingerprint density at radius 2 is 1.73 bits per heavy atom. The van der Waals surface area contributed by atoms with Crippen molar-refractivity contribution in [3.8, 4) is 0 Å². The van der Waals surface area contributed by atoms with E-state index in [1.165, 1.54) is 17.6 Å². The summed E-state index contributed by atoms with van der Waals surface area (Å²) in [6.07, 6.45) is 1.45. The number of hydrogen-bond donors (Lipinski definition) is 1. The fourth-order valence-electron chi connectivity index (χ4n) is 2.26. The summed E-state index contributed by atoms with van der Waals surface area (Å²) < 4.78 is 1.06. The molecule has 0 fully saturated rings. The normalized spacial score (nSPS) is 10.9. The Morgan fingerprint density at radius 1 is 1.08 bits per heavy atom. The molecule has 0 aliphatic heterocycles. The Balaban J connectivity index is 1.81. The minimum atomic E-state index is -0.801. The molecule has 1 amide bonds. The molecule has 2 aromatic carbocycles. The van der Waals surface area contributed by atoms with Crippen LogP contribution in [0.5, 0.6) is 0 Å². The van der Waals surface area contributed by atoms with Crippen molar-refractivity contribution in [3.63, 3.8) is 0 Å². The van der Waals surface area contributed by atoms with Gasteiger partial charge in [-0.3, -0.25) is 25.0 Å². The molecule has 1 aromatic heterocycles. The molecule has 0 aliphatic rings. The first-order chi connectivity index (χ1) is 12.5. The quantitative estimate of drug-likeness (QED) is 0.418. The minimum Gasteiger partial charge on any atom is -0.267 e. The zero-order valence-corrected chi connectivity index (χ0v) is 13.8. The van der Waals surface area contributed by atoms with E-state index in [1.807, 2.05) is 29.6 Å². The Morgan fingerprint density at radius 3 is 2.38 bits per heavy atom. The first kappa shape index (κ1) is 17.2. The average molecular weight is 370 g/mol. The minimum absolute atomic E-state index is 0.224. The van der Waals surface area contributed by atoms with Gasteiger partial charge in [-0.1, -0.05) is 18.2 Å². The Bertz CT molecular complexity index is 1030. The summed E-state index contributed by atoms with van der Waals surface area (Å²) in [6.45, 7) is 0.